The zero-order valence-corrected chi connectivity index (χ0v) is 13.5. The molecule has 4 aliphatic rings. The van der Waals surface area contributed by atoms with E-state index >= 15 is 0 Å². The first-order valence-electron chi connectivity index (χ1n) is 8.66. The number of aliphatic hydroxyl groups excluding tert-OH is 1. The summed E-state index contributed by atoms with van der Waals surface area (Å²) in [5.74, 6) is 2.35. The summed E-state index contributed by atoms with van der Waals surface area (Å²) in [6.45, 7) is 1.57. The van der Waals surface area contributed by atoms with Crippen LogP contribution in [0.3, 0.4) is 0 Å². The molecule has 0 spiro atoms. The molecule has 1 aromatic heterocycles. The van der Waals surface area contributed by atoms with Gasteiger partial charge in [-0.3, -0.25) is 4.79 Å². The molecule has 23 heavy (non-hydrogen) atoms. The van der Waals surface area contributed by atoms with Gasteiger partial charge >= 0.3 is 0 Å². The average Bonchev–Trinajstić information content (AvgIpc) is 2.94. The van der Waals surface area contributed by atoms with Gasteiger partial charge < -0.3 is 20.6 Å². The highest BCUT2D eigenvalue weighted by molar-refractivity contribution is 5.92. The predicted molar refractivity (Wildman–Crippen MR) is 83.5 cm³/mol. The minimum absolute atomic E-state index is 0.0443. The van der Waals surface area contributed by atoms with Crippen molar-refractivity contribution >= 4 is 5.91 Å². The van der Waals surface area contributed by atoms with Crippen molar-refractivity contribution in [3.05, 3.63) is 17.8 Å². The number of aliphatic hydroxyl groups is 1. The second kappa shape index (κ2) is 5.31. The highest BCUT2D eigenvalue weighted by Crippen LogP contribution is 2.55. The maximum atomic E-state index is 12.6. The zero-order chi connectivity index (χ0) is 16.2. The maximum Gasteiger partial charge on any atom is 0.273 e. The fraction of sp³-hybridized carbons (Fsp3) is 0.765. The maximum absolute atomic E-state index is 12.6. The number of hydrogen-bond acceptors (Lipinski definition) is 5. The van der Waals surface area contributed by atoms with E-state index in [2.05, 4.69) is 10.3 Å². The molecular formula is C17H25N3O3. The van der Waals surface area contributed by atoms with Crippen LogP contribution in [0.4, 0.5) is 0 Å². The van der Waals surface area contributed by atoms with Gasteiger partial charge in [-0.05, 0) is 63.2 Å². The Kier molecular flexibility index (Phi) is 3.50. The highest BCUT2D eigenvalue weighted by atomic mass is 16.3. The first-order chi connectivity index (χ1) is 10.9. The Morgan fingerprint density at radius 1 is 1.35 bits per heavy atom. The van der Waals surface area contributed by atoms with E-state index in [1.54, 1.807) is 6.92 Å². The van der Waals surface area contributed by atoms with Crippen molar-refractivity contribution in [3.63, 3.8) is 0 Å². The number of amides is 1. The molecule has 1 heterocycles. The first-order valence-corrected chi connectivity index (χ1v) is 8.66. The van der Waals surface area contributed by atoms with Crippen LogP contribution in [0.1, 0.15) is 67.9 Å². The van der Waals surface area contributed by atoms with E-state index in [0.29, 0.717) is 0 Å². The van der Waals surface area contributed by atoms with Crippen LogP contribution in [0.15, 0.2) is 10.7 Å². The number of aromatic nitrogens is 1. The second-order valence-corrected chi connectivity index (χ2v) is 7.99. The van der Waals surface area contributed by atoms with Gasteiger partial charge in [0.25, 0.3) is 5.91 Å². The van der Waals surface area contributed by atoms with E-state index in [9.17, 15) is 9.90 Å². The number of rotatable bonds is 4. The standard InChI is InChI=1S/C17H25N3O3/c1-9(21)14(18)16-19-13(8-23-16)15(22)20-17-5-10-2-11(6-17)4-12(3-10)7-17/h8-12,14,21H,2-7,18H2,1H3,(H,20,22). The van der Waals surface area contributed by atoms with E-state index in [1.165, 1.54) is 25.5 Å². The Balaban J connectivity index is 1.48. The van der Waals surface area contributed by atoms with Gasteiger partial charge in [-0.2, -0.15) is 0 Å². The number of hydrogen-bond donors (Lipinski definition) is 3. The molecule has 6 nitrogen and oxygen atoms in total. The molecular weight excluding hydrogens is 294 g/mol. The van der Waals surface area contributed by atoms with Gasteiger partial charge in [0.2, 0.25) is 5.89 Å². The molecule has 1 amide bonds. The van der Waals surface area contributed by atoms with Crippen LogP contribution in [0.25, 0.3) is 0 Å². The van der Waals surface area contributed by atoms with Crippen LogP contribution in [-0.4, -0.2) is 27.6 Å². The summed E-state index contributed by atoms with van der Waals surface area (Å²) >= 11 is 0. The Labute approximate surface area is 135 Å². The average molecular weight is 319 g/mol. The lowest BCUT2D eigenvalue weighted by Gasteiger charge is -2.56. The molecule has 0 saturated heterocycles. The molecule has 4 aliphatic carbocycles. The van der Waals surface area contributed by atoms with Gasteiger partial charge in [0, 0.05) is 5.54 Å². The van der Waals surface area contributed by atoms with Gasteiger partial charge in [0.05, 0.1) is 6.10 Å². The summed E-state index contributed by atoms with van der Waals surface area (Å²) in [5.41, 5.74) is 6.01. The van der Waals surface area contributed by atoms with Gasteiger partial charge in [0.1, 0.15) is 12.3 Å². The Morgan fingerprint density at radius 2 is 1.91 bits per heavy atom. The number of nitrogens with one attached hydrogen (secondary N) is 1. The van der Waals surface area contributed by atoms with Crippen LogP contribution in [-0.2, 0) is 0 Å². The fourth-order valence-electron chi connectivity index (χ4n) is 5.32. The third-order valence-electron chi connectivity index (χ3n) is 5.98. The number of carbonyl (C=O) groups is 1. The largest absolute Gasteiger partial charge is 0.446 e. The number of carbonyl (C=O) groups excluding carboxylic acids is 1. The Morgan fingerprint density at radius 3 is 2.43 bits per heavy atom. The molecule has 4 fully saturated rings. The number of nitrogens with two attached hydrogens (primary N) is 1. The van der Waals surface area contributed by atoms with E-state index < -0.39 is 12.1 Å². The molecule has 6 heteroatoms. The molecule has 1 aromatic rings. The van der Waals surface area contributed by atoms with Crippen molar-refractivity contribution in [2.45, 2.75) is 63.1 Å². The van der Waals surface area contributed by atoms with E-state index in [0.717, 1.165) is 37.0 Å². The molecule has 0 radical (unpaired) electrons. The summed E-state index contributed by atoms with van der Waals surface area (Å²) in [6.07, 6.45) is 7.89. The Bertz CT molecular complexity index is 575. The molecule has 0 aliphatic heterocycles. The van der Waals surface area contributed by atoms with E-state index in [-0.39, 0.29) is 23.0 Å². The van der Waals surface area contributed by atoms with Gasteiger partial charge in [-0.15, -0.1) is 0 Å². The minimum atomic E-state index is -0.771. The summed E-state index contributed by atoms with van der Waals surface area (Å²) in [5, 5.41) is 12.8. The van der Waals surface area contributed by atoms with Crippen LogP contribution in [0.5, 0.6) is 0 Å². The van der Waals surface area contributed by atoms with Crippen molar-refractivity contribution in [2.75, 3.05) is 0 Å². The zero-order valence-electron chi connectivity index (χ0n) is 13.5. The lowest BCUT2D eigenvalue weighted by molar-refractivity contribution is -0.0167. The summed E-state index contributed by atoms with van der Waals surface area (Å²) in [4.78, 5) is 16.8. The third-order valence-corrected chi connectivity index (χ3v) is 5.98. The molecule has 0 aromatic carbocycles. The highest BCUT2D eigenvalue weighted by Gasteiger charge is 2.51. The third kappa shape index (κ3) is 2.68. The van der Waals surface area contributed by atoms with Crippen molar-refractivity contribution in [1.82, 2.24) is 10.3 Å². The smallest absolute Gasteiger partial charge is 0.273 e. The SMILES string of the molecule is CC(O)C(N)c1nc(C(=O)NC23CC4CC(CC(C4)C2)C3)co1. The van der Waals surface area contributed by atoms with Gasteiger partial charge in [-0.25, -0.2) is 4.98 Å². The van der Waals surface area contributed by atoms with Gasteiger partial charge in [-0.1, -0.05) is 0 Å². The number of oxazole rings is 1. The lowest BCUT2D eigenvalue weighted by atomic mass is 9.53. The molecule has 2 unspecified atom stereocenters. The lowest BCUT2D eigenvalue weighted by Crippen LogP contribution is -2.59. The molecule has 4 saturated carbocycles. The summed E-state index contributed by atoms with van der Waals surface area (Å²) < 4.78 is 5.27. The van der Waals surface area contributed by atoms with Crippen molar-refractivity contribution in [1.29, 1.82) is 0 Å². The Hall–Kier alpha value is -1.40. The normalized spacial score (nSPS) is 37.6. The van der Waals surface area contributed by atoms with E-state index in [1.807, 2.05) is 0 Å². The fourth-order valence-corrected chi connectivity index (χ4v) is 5.32. The van der Waals surface area contributed by atoms with E-state index in [4.69, 9.17) is 10.2 Å². The van der Waals surface area contributed by atoms with Crippen molar-refractivity contribution in [3.8, 4) is 0 Å². The second-order valence-electron chi connectivity index (χ2n) is 7.99. The van der Waals surface area contributed by atoms with Crippen molar-refractivity contribution in [2.24, 2.45) is 23.5 Å². The number of nitrogens with zero attached hydrogens (tertiary/aromatic N) is 1. The minimum Gasteiger partial charge on any atom is -0.446 e. The predicted octanol–water partition coefficient (Wildman–Crippen LogP) is 1.75. The van der Waals surface area contributed by atoms with Crippen molar-refractivity contribution < 1.29 is 14.3 Å². The van der Waals surface area contributed by atoms with Crippen LogP contribution in [0.2, 0.25) is 0 Å². The van der Waals surface area contributed by atoms with Crippen LogP contribution < -0.4 is 11.1 Å². The molecule has 4 N–H and O–H groups in total. The molecule has 2 atom stereocenters. The molecule has 5 rings (SSSR count). The summed E-state index contributed by atoms with van der Waals surface area (Å²) in [6, 6.07) is -0.712. The molecule has 126 valence electrons. The topological polar surface area (TPSA) is 101 Å². The van der Waals surface area contributed by atoms with Crippen LogP contribution >= 0.6 is 0 Å². The van der Waals surface area contributed by atoms with Gasteiger partial charge in [0.15, 0.2) is 5.69 Å². The monoisotopic (exact) mass is 319 g/mol. The summed E-state index contributed by atoms with van der Waals surface area (Å²) in [7, 11) is 0. The quantitative estimate of drug-likeness (QED) is 0.785. The van der Waals surface area contributed by atoms with Crippen LogP contribution in [0, 0.1) is 17.8 Å². The molecule has 4 bridgehead atoms. The first kappa shape index (κ1) is 15.1.